The fraction of sp³-hybridized carbons (Fsp3) is 0.684. The molecular formula is C19H31NO. The lowest BCUT2D eigenvalue weighted by Crippen LogP contribution is -2.30. The first kappa shape index (κ1) is 16.4. The standard InChI is InChI=1S/C19H31NO/c1-3-6-16-7-4-9-18(12-11-16)20-14-13-17-8-5-10-19(15-17)21-2/h5,8,10,15-16,18,20H,3-4,6-7,9,11-14H2,1-2H3. The molecule has 1 aromatic carbocycles. The van der Waals surface area contributed by atoms with Gasteiger partial charge in [0.2, 0.25) is 0 Å². The molecule has 1 saturated carbocycles. The van der Waals surface area contributed by atoms with Crippen LogP contribution in [0.5, 0.6) is 5.75 Å². The van der Waals surface area contributed by atoms with Gasteiger partial charge in [0.05, 0.1) is 7.11 Å². The van der Waals surface area contributed by atoms with E-state index >= 15 is 0 Å². The van der Waals surface area contributed by atoms with Crippen LogP contribution in [0.2, 0.25) is 0 Å². The van der Waals surface area contributed by atoms with Gasteiger partial charge in [0.1, 0.15) is 5.75 Å². The van der Waals surface area contributed by atoms with Gasteiger partial charge < -0.3 is 10.1 Å². The summed E-state index contributed by atoms with van der Waals surface area (Å²) in [5.74, 6) is 1.95. The second-order valence-corrected chi connectivity index (χ2v) is 6.42. The first-order valence-electron chi connectivity index (χ1n) is 8.68. The fourth-order valence-electron chi connectivity index (χ4n) is 3.53. The van der Waals surface area contributed by atoms with Crippen LogP contribution >= 0.6 is 0 Å². The Morgan fingerprint density at radius 3 is 2.90 bits per heavy atom. The lowest BCUT2D eigenvalue weighted by atomic mass is 9.95. The number of benzene rings is 1. The van der Waals surface area contributed by atoms with E-state index in [1.807, 2.05) is 6.07 Å². The number of methoxy groups -OCH3 is 1. The first-order chi connectivity index (χ1) is 10.3. The van der Waals surface area contributed by atoms with Crippen molar-refractivity contribution in [2.45, 2.75) is 64.3 Å². The Hall–Kier alpha value is -1.02. The van der Waals surface area contributed by atoms with Gasteiger partial charge in [0.25, 0.3) is 0 Å². The Kier molecular flexibility index (Phi) is 7.08. The lowest BCUT2D eigenvalue weighted by Gasteiger charge is -2.17. The zero-order valence-corrected chi connectivity index (χ0v) is 13.7. The van der Waals surface area contributed by atoms with Crippen LogP contribution in [0.15, 0.2) is 24.3 Å². The first-order valence-corrected chi connectivity index (χ1v) is 8.68. The summed E-state index contributed by atoms with van der Waals surface area (Å²) in [6.07, 6.45) is 10.9. The number of ether oxygens (including phenoxy) is 1. The van der Waals surface area contributed by atoms with Crippen LogP contribution in [0.4, 0.5) is 0 Å². The predicted molar refractivity (Wildman–Crippen MR) is 90.0 cm³/mol. The molecule has 0 radical (unpaired) electrons. The van der Waals surface area contributed by atoms with Crippen molar-refractivity contribution in [1.82, 2.24) is 5.32 Å². The summed E-state index contributed by atoms with van der Waals surface area (Å²) in [7, 11) is 1.73. The Morgan fingerprint density at radius 1 is 1.19 bits per heavy atom. The summed E-state index contributed by atoms with van der Waals surface area (Å²) in [4.78, 5) is 0. The van der Waals surface area contributed by atoms with Gasteiger partial charge >= 0.3 is 0 Å². The van der Waals surface area contributed by atoms with Crippen molar-refractivity contribution in [2.75, 3.05) is 13.7 Å². The Balaban J connectivity index is 1.70. The Morgan fingerprint density at radius 2 is 2.10 bits per heavy atom. The molecule has 1 aliphatic rings. The van der Waals surface area contributed by atoms with E-state index in [-0.39, 0.29) is 0 Å². The van der Waals surface area contributed by atoms with Crippen molar-refractivity contribution >= 4 is 0 Å². The van der Waals surface area contributed by atoms with Gasteiger partial charge in [-0.1, -0.05) is 44.7 Å². The quantitative estimate of drug-likeness (QED) is 0.742. The van der Waals surface area contributed by atoms with E-state index in [0.717, 1.165) is 30.7 Å². The maximum absolute atomic E-state index is 5.28. The molecule has 1 N–H and O–H groups in total. The monoisotopic (exact) mass is 289 g/mol. The summed E-state index contributed by atoms with van der Waals surface area (Å²) in [6.45, 7) is 3.39. The van der Waals surface area contributed by atoms with E-state index in [2.05, 4.69) is 30.4 Å². The van der Waals surface area contributed by atoms with Crippen LogP contribution in [-0.2, 0) is 6.42 Å². The molecule has 0 amide bonds. The Labute approximate surface area is 130 Å². The highest BCUT2D eigenvalue weighted by Gasteiger charge is 2.17. The fourth-order valence-corrected chi connectivity index (χ4v) is 3.53. The van der Waals surface area contributed by atoms with Crippen LogP contribution in [-0.4, -0.2) is 19.7 Å². The molecule has 0 aliphatic heterocycles. The van der Waals surface area contributed by atoms with Gasteiger partial charge in [-0.2, -0.15) is 0 Å². The molecule has 0 bridgehead atoms. The average Bonchev–Trinajstić information content (AvgIpc) is 2.74. The molecule has 1 aromatic rings. The summed E-state index contributed by atoms with van der Waals surface area (Å²) in [6, 6.07) is 9.16. The maximum atomic E-state index is 5.28. The van der Waals surface area contributed by atoms with Crippen LogP contribution in [0, 0.1) is 5.92 Å². The second kappa shape index (κ2) is 9.09. The molecule has 0 aromatic heterocycles. The third kappa shape index (κ3) is 5.70. The van der Waals surface area contributed by atoms with Crippen molar-refractivity contribution < 1.29 is 4.74 Å². The summed E-state index contributed by atoms with van der Waals surface area (Å²) < 4.78 is 5.28. The zero-order valence-electron chi connectivity index (χ0n) is 13.7. The molecule has 2 rings (SSSR count). The molecule has 2 heteroatoms. The van der Waals surface area contributed by atoms with E-state index in [9.17, 15) is 0 Å². The van der Waals surface area contributed by atoms with E-state index in [0.29, 0.717) is 0 Å². The van der Waals surface area contributed by atoms with Crippen molar-refractivity contribution in [1.29, 1.82) is 0 Å². The topological polar surface area (TPSA) is 21.3 Å². The molecule has 2 nitrogen and oxygen atoms in total. The molecule has 118 valence electrons. The summed E-state index contributed by atoms with van der Waals surface area (Å²) >= 11 is 0. The minimum atomic E-state index is 0.734. The molecule has 2 atom stereocenters. The average molecular weight is 289 g/mol. The number of hydrogen-bond acceptors (Lipinski definition) is 2. The predicted octanol–water partition coefficient (Wildman–Crippen LogP) is 4.58. The van der Waals surface area contributed by atoms with Gasteiger partial charge in [-0.25, -0.2) is 0 Å². The molecule has 1 aliphatic carbocycles. The van der Waals surface area contributed by atoms with Crippen LogP contribution in [0.3, 0.4) is 0 Å². The normalized spacial score (nSPS) is 22.8. The van der Waals surface area contributed by atoms with Gasteiger partial charge in [-0.05, 0) is 55.8 Å². The maximum Gasteiger partial charge on any atom is 0.119 e. The number of nitrogens with one attached hydrogen (secondary N) is 1. The lowest BCUT2D eigenvalue weighted by molar-refractivity contribution is 0.409. The van der Waals surface area contributed by atoms with Crippen molar-refractivity contribution in [3.8, 4) is 5.75 Å². The smallest absolute Gasteiger partial charge is 0.119 e. The van der Waals surface area contributed by atoms with Crippen molar-refractivity contribution in [2.24, 2.45) is 5.92 Å². The molecule has 2 unspecified atom stereocenters. The van der Waals surface area contributed by atoms with E-state index in [1.165, 1.54) is 50.5 Å². The molecule has 0 spiro atoms. The van der Waals surface area contributed by atoms with Crippen LogP contribution in [0.1, 0.15) is 57.4 Å². The van der Waals surface area contributed by atoms with E-state index in [4.69, 9.17) is 4.74 Å². The summed E-state index contributed by atoms with van der Waals surface area (Å²) in [5.41, 5.74) is 1.36. The number of rotatable bonds is 7. The highest BCUT2D eigenvalue weighted by molar-refractivity contribution is 5.28. The van der Waals surface area contributed by atoms with Crippen LogP contribution in [0.25, 0.3) is 0 Å². The largest absolute Gasteiger partial charge is 0.497 e. The van der Waals surface area contributed by atoms with E-state index < -0.39 is 0 Å². The van der Waals surface area contributed by atoms with E-state index in [1.54, 1.807) is 7.11 Å². The highest BCUT2D eigenvalue weighted by atomic mass is 16.5. The van der Waals surface area contributed by atoms with Gasteiger partial charge in [0.15, 0.2) is 0 Å². The van der Waals surface area contributed by atoms with Crippen molar-refractivity contribution in [3.63, 3.8) is 0 Å². The van der Waals surface area contributed by atoms with Gasteiger partial charge in [-0.3, -0.25) is 0 Å². The van der Waals surface area contributed by atoms with Gasteiger partial charge in [0, 0.05) is 6.04 Å². The summed E-state index contributed by atoms with van der Waals surface area (Å²) in [5, 5.41) is 3.77. The van der Waals surface area contributed by atoms with Crippen molar-refractivity contribution in [3.05, 3.63) is 29.8 Å². The minimum Gasteiger partial charge on any atom is -0.497 e. The molecule has 0 saturated heterocycles. The molecule has 21 heavy (non-hydrogen) atoms. The van der Waals surface area contributed by atoms with Crippen LogP contribution < -0.4 is 10.1 Å². The third-order valence-electron chi connectivity index (χ3n) is 4.77. The van der Waals surface area contributed by atoms with Gasteiger partial charge in [-0.15, -0.1) is 0 Å². The Bertz CT molecular complexity index is 404. The molecule has 1 fully saturated rings. The second-order valence-electron chi connectivity index (χ2n) is 6.42. The third-order valence-corrected chi connectivity index (χ3v) is 4.77. The molecular weight excluding hydrogens is 258 g/mol. The molecule has 0 heterocycles. The number of hydrogen-bond donors (Lipinski definition) is 1. The minimum absolute atomic E-state index is 0.734. The SMILES string of the molecule is CCCC1CCCC(NCCc2cccc(OC)c2)CC1. The zero-order chi connectivity index (χ0) is 14.9. The highest BCUT2D eigenvalue weighted by Crippen LogP contribution is 2.26.